The van der Waals surface area contributed by atoms with Gasteiger partial charge in [0.1, 0.15) is 0 Å². The van der Waals surface area contributed by atoms with Crippen molar-refractivity contribution in [3.05, 3.63) is 46.3 Å². The van der Waals surface area contributed by atoms with Gasteiger partial charge in [-0.05, 0) is 61.0 Å². The highest BCUT2D eigenvalue weighted by Crippen LogP contribution is 2.39. The van der Waals surface area contributed by atoms with Crippen LogP contribution in [0.4, 0.5) is 0 Å². The first kappa shape index (κ1) is 14.9. The van der Waals surface area contributed by atoms with Crippen molar-refractivity contribution >= 4 is 17.2 Å². The van der Waals surface area contributed by atoms with Crippen molar-refractivity contribution in [3.63, 3.8) is 0 Å². The van der Waals surface area contributed by atoms with E-state index in [0.29, 0.717) is 5.92 Å². The molecule has 1 aromatic carbocycles. The van der Waals surface area contributed by atoms with Gasteiger partial charge in [0.2, 0.25) is 0 Å². The van der Waals surface area contributed by atoms with Crippen molar-refractivity contribution in [2.45, 2.75) is 32.2 Å². The van der Waals surface area contributed by atoms with E-state index >= 15 is 0 Å². The van der Waals surface area contributed by atoms with Crippen molar-refractivity contribution in [2.24, 2.45) is 5.92 Å². The van der Waals surface area contributed by atoms with Crippen LogP contribution in [-0.4, -0.2) is 25.0 Å². The molecule has 0 radical (unpaired) electrons. The van der Waals surface area contributed by atoms with Gasteiger partial charge in [0, 0.05) is 10.9 Å². The van der Waals surface area contributed by atoms with E-state index in [2.05, 4.69) is 47.9 Å². The third-order valence-electron chi connectivity index (χ3n) is 5.06. The zero-order chi connectivity index (χ0) is 15.8. The summed E-state index contributed by atoms with van der Waals surface area (Å²) in [7, 11) is 0. The summed E-state index contributed by atoms with van der Waals surface area (Å²) in [5, 5.41) is 6.63. The maximum atomic E-state index is 12.7. The number of carbonyl (C=O) groups excluding carboxylic acids is 1. The number of thiophene rings is 1. The summed E-state index contributed by atoms with van der Waals surface area (Å²) in [6, 6.07) is 11.0. The molecule has 0 bridgehead atoms. The molecule has 2 N–H and O–H groups in total. The molecular formula is C19H22N2OS. The zero-order valence-corrected chi connectivity index (χ0v) is 14.2. The average molecular weight is 326 g/mol. The Kier molecular flexibility index (Phi) is 3.95. The van der Waals surface area contributed by atoms with Crippen LogP contribution < -0.4 is 10.6 Å². The fourth-order valence-electron chi connectivity index (χ4n) is 3.65. The predicted octanol–water partition coefficient (Wildman–Crippen LogP) is 3.24. The molecule has 4 rings (SSSR count). The quantitative estimate of drug-likeness (QED) is 0.889. The minimum atomic E-state index is 0.0978. The lowest BCUT2D eigenvalue weighted by atomic mass is 9.91. The molecule has 2 aliphatic rings. The van der Waals surface area contributed by atoms with Gasteiger partial charge in [-0.3, -0.25) is 4.79 Å². The molecule has 2 atom stereocenters. The number of fused-ring (bicyclic) bond motifs is 3. The Morgan fingerprint density at radius 3 is 2.96 bits per heavy atom. The Bertz CT molecular complexity index is 737. The SMILES string of the molecule is CC1CNCCC1NC(=O)c1cc2c(s1)-c1ccccc1CC2. The first-order valence-corrected chi connectivity index (χ1v) is 9.26. The lowest BCUT2D eigenvalue weighted by Gasteiger charge is -2.30. The first-order valence-electron chi connectivity index (χ1n) is 8.45. The van der Waals surface area contributed by atoms with Gasteiger partial charge in [0.05, 0.1) is 4.88 Å². The summed E-state index contributed by atoms with van der Waals surface area (Å²) in [5.41, 5.74) is 4.05. The van der Waals surface area contributed by atoms with Gasteiger partial charge in [-0.1, -0.05) is 31.2 Å². The van der Waals surface area contributed by atoms with E-state index in [1.807, 2.05) is 0 Å². The van der Waals surface area contributed by atoms with E-state index in [1.165, 1.54) is 21.6 Å². The summed E-state index contributed by atoms with van der Waals surface area (Å²) in [4.78, 5) is 14.8. The maximum absolute atomic E-state index is 12.7. The standard InChI is InChI=1S/C19H22N2OS/c1-12-11-20-9-8-16(12)21-19(22)17-10-14-7-6-13-4-2-3-5-15(13)18(14)23-17/h2-5,10,12,16,20H,6-9,11H2,1H3,(H,21,22). The van der Waals surface area contributed by atoms with Crippen LogP contribution in [-0.2, 0) is 12.8 Å². The fraction of sp³-hybridized carbons (Fsp3) is 0.421. The van der Waals surface area contributed by atoms with E-state index in [-0.39, 0.29) is 11.9 Å². The number of nitrogens with one attached hydrogen (secondary N) is 2. The molecule has 3 nitrogen and oxygen atoms in total. The zero-order valence-electron chi connectivity index (χ0n) is 13.4. The minimum absolute atomic E-state index is 0.0978. The normalized spacial score (nSPS) is 23.0. The minimum Gasteiger partial charge on any atom is -0.348 e. The highest BCUT2D eigenvalue weighted by Gasteiger charge is 2.25. The van der Waals surface area contributed by atoms with Crippen LogP contribution in [0.2, 0.25) is 0 Å². The Morgan fingerprint density at radius 2 is 2.09 bits per heavy atom. The Labute approximate surface area is 141 Å². The molecule has 0 spiro atoms. The first-order chi connectivity index (χ1) is 11.2. The summed E-state index contributed by atoms with van der Waals surface area (Å²) < 4.78 is 0. The van der Waals surface area contributed by atoms with Crippen molar-refractivity contribution in [2.75, 3.05) is 13.1 Å². The van der Waals surface area contributed by atoms with Crippen LogP contribution >= 0.6 is 11.3 Å². The third kappa shape index (κ3) is 2.81. The molecule has 2 unspecified atom stereocenters. The van der Waals surface area contributed by atoms with Gasteiger partial charge in [-0.25, -0.2) is 0 Å². The Hall–Kier alpha value is -1.65. The van der Waals surface area contributed by atoms with Gasteiger partial charge < -0.3 is 10.6 Å². The van der Waals surface area contributed by atoms with E-state index in [0.717, 1.165) is 37.2 Å². The number of carbonyl (C=O) groups is 1. The number of piperidine rings is 1. The molecule has 1 aliphatic heterocycles. The summed E-state index contributed by atoms with van der Waals surface area (Å²) in [6.45, 7) is 4.18. The average Bonchev–Trinajstić information content (AvgIpc) is 3.02. The molecule has 1 aromatic heterocycles. The molecule has 4 heteroatoms. The fourth-order valence-corrected chi connectivity index (χ4v) is 4.83. The second-order valence-electron chi connectivity index (χ2n) is 6.67. The lowest BCUT2D eigenvalue weighted by Crippen LogP contribution is -2.48. The van der Waals surface area contributed by atoms with Crippen LogP contribution in [0.25, 0.3) is 10.4 Å². The van der Waals surface area contributed by atoms with Crippen LogP contribution in [0.1, 0.15) is 34.1 Å². The predicted molar refractivity (Wildman–Crippen MR) is 95.1 cm³/mol. The van der Waals surface area contributed by atoms with E-state index in [9.17, 15) is 4.79 Å². The molecule has 0 saturated carbocycles. The second-order valence-corrected chi connectivity index (χ2v) is 7.72. The Morgan fingerprint density at radius 1 is 1.26 bits per heavy atom. The van der Waals surface area contributed by atoms with Crippen molar-refractivity contribution < 1.29 is 4.79 Å². The molecule has 1 aliphatic carbocycles. The molecule has 1 amide bonds. The molecule has 2 aromatic rings. The Balaban J connectivity index is 1.57. The lowest BCUT2D eigenvalue weighted by molar-refractivity contribution is 0.0918. The molecule has 1 fully saturated rings. The number of rotatable bonds is 2. The van der Waals surface area contributed by atoms with Crippen molar-refractivity contribution in [3.8, 4) is 10.4 Å². The smallest absolute Gasteiger partial charge is 0.261 e. The number of hydrogen-bond donors (Lipinski definition) is 2. The molecule has 23 heavy (non-hydrogen) atoms. The van der Waals surface area contributed by atoms with Crippen molar-refractivity contribution in [1.29, 1.82) is 0 Å². The van der Waals surface area contributed by atoms with E-state index < -0.39 is 0 Å². The molecule has 120 valence electrons. The van der Waals surface area contributed by atoms with Gasteiger partial charge in [-0.15, -0.1) is 11.3 Å². The molecule has 1 saturated heterocycles. The van der Waals surface area contributed by atoms with E-state index in [1.54, 1.807) is 11.3 Å². The van der Waals surface area contributed by atoms with Gasteiger partial charge in [0.15, 0.2) is 0 Å². The summed E-state index contributed by atoms with van der Waals surface area (Å²) in [5.74, 6) is 0.587. The van der Waals surface area contributed by atoms with Gasteiger partial charge in [-0.2, -0.15) is 0 Å². The van der Waals surface area contributed by atoms with Gasteiger partial charge in [0.25, 0.3) is 5.91 Å². The van der Waals surface area contributed by atoms with Crippen molar-refractivity contribution in [1.82, 2.24) is 10.6 Å². The highest BCUT2D eigenvalue weighted by atomic mass is 32.1. The molecule has 2 heterocycles. The van der Waals surface area contributed by atoms with Crippen LogP contribution in [0.15, 0.2) is 30.3 Å². The number of hydrogen-bond acceptors (Lipinski definition) is 3. The topological polar surface area (TPSA) is 41.1 Å². The third-order valence-corrected chi connectivity index (χ3v) is 6.27. The van der Waals surface area contributed by atoms with Gasteiger partial charge >= 0.3 is 0 Å². The highest BCUT2D eigenvalue weighted by molar-refractivity contribution is 7.17. The monoisotopic (exact) mass is 326 g/mol. The largest absolute Gasteiger partial charge is 0.348 e. The number of aryl methyl sites for hydroxylation is 2. The maximum Gasteiger partial charge on any atom is 0.261 e. The number of amides is 1. The van der Waals surface area contributed by atoms with E-state index in [4.69, 9.17) is 0 Å². The van der Waals surface area contributed by atoms with Crippen LogP contribution in [0, 0.1) is 5.92 Å². The van der Waals surface area contributed by atoms with Crippen LogP contribution in [0.3, 0.4) is 0 Å². The van der Waals surface area contributed by atoms with Crippen LogP contribution in [0.5, 0.6) is 0 Å². The second kappa shape index (κ2) is 6.10. The molecular weight excluding hydrogens is 304 g/mol. The number of benzene rings is 1. The summed E-state index contributed by atoms with van der Waals surface area (Å²) >= 11 is 1.65. The summed E-state index contributed by atoms with van der Waals surface area (Å²) in [6.07, 6.45) is 3.13.